The van der Waals surface area contributed by atoms with Gasteiger partial charge < -0.3 is 5.11 Å². The molecular formula is C12H22O. The third-order valence-corrected chi connectivity index (χ3v) is 3.99. The molecule has 0 bridgehead atoms. The van der Waals surface area contributed by atoms with Crippen LogP contribution >= 0.6 is 0 Å². The van der Waals surface area contributed by atoms with E-state index in [2.05, 4.69) is 0 Å². The van der Waals surface area contributed by atoms with Crippen molar-refractivity contribution >= 4 is 0 Å². The van der Waals surface area contributed by atoms with Crippen LogP contribution in [0, 0.1) is 11.8 Å². The monoisotopic (exact) mass is 182 g/mol. The molecule has 0 spiro atoms. The van der Waals surface area contributed by atoms with Crippen molar-refractivity contribution in [1.82, 2.24) is 0 Å². The average molecular weight is 182 g/mol. The Morgan fingerprint density at radius 3 is 2.15 bits per heavy atom. The lowest BCUT2D eigenvalue weighted by Gasteiger charge is -2.33. The van der Waals surface area contributed by atoms with Crippen LogP contribution < -0.4 is 0 Å². The minimum Gasteiger partial charge on any atom is -0.393 e. The Hall–Kier alpha value is -0.0400. The molecule has 0 radical (unpaired) electrons. The van der Waals surface area contributed by atoms with Crippen LogP contribution in [0.4, 0.5) is 0 Å². The van der Waals surface area contributed by atoms with E-state index < -0.39 is 0 Å². The van der Waals surface area contributed by atoms with E-state index in [0.717, 1.165) is 12.3 Å². The highest BCUT2D eigenvalue weighted by Crippen LogP contribution is 2.35. The van der Waals surface area contributed by atoms with Crippen LogP contribution in [0.3, 0.4) is 0 Å². The zero-order chi connectivity index (χ0) is 9.10. The quantitative estimate of drug-likeness (QED) is 0.711. The van der Waals surface area contributed by atoms with Crippen molar-refractivity contribution in [2.75, 3.05) is 0 Å². The van der Waals surface area contributed by atoms with Gasteiger partial charge in [0.15, 0.2) is 0 Å². The second kappa shape index (κ2) is 4.45. The predicted molar refractivity (Wildman–Crippen MR) is 54.5 cm³/mol. The molecule has 0 aromatic carbocycles. The summed E-state index contributed by atoms with van der Waals surface area (Å²) in [4.78, 5) is 0. The highest BCUT2D eigenvalue weighted by molar-refractivity contribution is 4.79. The van der Waals surface area contributed by atoms with E-state index in [1.165, 1.54) is 51.4 Å². The summed E-state index contributed by atoms with van der Waals surface area (Å²) >= 11 is 0. The second-order valence-corrected chi connectivity index (χ2v) is 5.00. The summed E-state index contributed by atoms with van der Waals surface area (Å²) in [6.07, 6.45) is 12.1. The number of hydrogen-bond donors (Lipinski definition) is 1. The molecule has 0 aliphatic heterocycles. The van der Waals surface area contributed by atoms with E-state index in [1.54, 1.807) is 0 Å². The van der Waals surface area contributed by atoms with Gasteiger partial charge in [0.2, 0.25) is 0 Å². The molecule has 2 aliphatic carbocycles. The van der Waals surface area contributed by atoms with E-state index in [1.807, 2.05) is 0 Å². The third kappa shape index (κ3) is 2.46. The number of rotatable bonds is 3. The summed E-state index contributed by atoms with van der Waals surface area (Å²) in [5.41, 5.74) is 0. The SMILES string of the molecule is OC(CC1CCCCC1)C1CCC1. The normalized spacial score (nSPS) is 28.4. The third-order valence-electron chi connectivity index (χ3n) is 3.99. The number of hydrogen-bond acceptors (Lipinski definition) is 1. The summed E-state index contributed by atoms with van der Waals surface area (Å²) in [5, 5.41) is 9.92. The molecule has 2 rings (SSSR count). The van der Waals surface area contributed by atoms with Gasteiger partial charge in [-0.3, -0.25) is 0 Å². The van der Waals surface area contributed by atoms with Crippen LogP contribution in [0.1, 0.15) is 57.8 Å². The average Bonchev–Trinajstić information content (AvgIpc) is 2.02. The fraction of sp³-hybridized carbons (Fsp3) is 1.00. The molecule has 76 valence electrons. The highest BCUT2D eigenvalue weighted by atomic mass is 16.3. The van der Waals surface area contributed by atoms with Crippen molar-refractivity contribution < 1.29 is 5.11 Å². The smallest absolute Gasteiger partial charge is 0.0571 e. The summed E-state index contributed by atoms with van der Waals surface area (Å²) in [5.74, 6) is 1.52. The molecule has 1 nitrogen and oxygen atoms in total. The van der Waals surface area contributed by atoms with Gasteiger partial charge in [-0.2, -0.15) is 0 Å². The molecule has 0 heterocycles. The van der Waals surface area contributed by atoms with Crippen molar-refractivity contribution in [3.05, 3.63) is 0 Å². The largest absolute Gasteiger partial charge is 0.393 e. The van der Waals surface area contributed by atoms with Gasteiger partial charge in [0.25, 0.3) is 0 Å². The molecule has 0 amide bonds. The van der Waals surface area contributed by atoms with E-state index in [-0.39, 0.29) is 6.10 Å². The predicted octanol–water partition coefficient (Wildman–Crippen LogP) is 3.12. The number of aliphatic hydroxyl groups is 1. The lowest BCUT2D eigenvalue weighted by Crippen LogP contribution is -2.29. The molecule has 1 unspecified atom stereocenters. The molecule has 0 aromatic rings. The molecule has 0 aromatic heterocycles. The van der Waals surface area contributed by atoms with Gasteiger partial charge in [-0.1, -0.05) is 38.5 Å². The van der Waals surface area contributed by atoms with Crippen LogP contribution in [0.15, 0.2) is 0 Å². The van der Waals surface area contributed by atoms with Crippen LogP contribution in [-0.4, -0.2) is 11.2 Å². The Morgan fingerprint density at radius 2 is 1.62 bits per heavy atom. The zero-order valence-electron chi connectivity index (χ0n) is 8.54. The minimum atomic E-state index is 0.0387. The molecule has 1 atom stereocenters. The zero-order valence-corrected chi connectivity index (χ0v) is 8.54. The molecule has 1 N–H and O–H groups in total. The fourth-order valence-electron chi connectivity index (χ4n) is 2.78. The Bertz CT molecular complexity index is 145. The van der Waals surface area contributed by atoms with Gasteiger partial charge in [0, 0.05) is 0 Å². The van der Waals surface area contributed by atoms with Crippen LogP contribution in [0.2, 0.25) is 0 Å². The minimum absolute atomic E-state index is 0.0387. The van der Waals surface area contributed by atoms with Crippen LogP contribution in [-0.2, 0) is 0 Å². The maximum Gasteiger partial charge on any atom is 0.0571 e. The van der Waals surface area contributed by atoms with Gasteiger partial charge in [-0.05, 0) is 31.1 Å². The molecule has 2 fully saturated rings. The van der Waals surface area contributed by atoms with Gasteiger partial charge >= 0.3 is 0 Å². The van der Waals surface area contributed by atoms with Gasteiger partial charge in [-0.25, -0.2) is 0 Å². The summed E-state index contributed by atoms with van der Waals surface area (Å²) in [6, 6.07) is 0. The molecule has 1 heteroatoms. The Kier molecular flexibility index (Phi) is 3.26. The Labute approximate surface area is 81.5 Å². The first-order valence-electron chi connectivity index (χ1n) is 6.04. The van der Waals surface area contributed by atoms with E-state index in [0.29, 0.717) is 5.92 Å². The van der Waals surface area contributed by atoms with Crippen molar-refractivity contribution in [3.63, 3.8) is 0 Å². The molecule has 2 aliphatic rings. The Balaban J connectivity index is 1.69. The molecule has 0 saturated heterocycles. The van der Waals surface area contributed by atoms with E-state index in [4.69, 9.17) is 0 Å². The molecule has 2 saturated carbocycles. The first-order chi connectivity index (χ1) is 6.36. The van der Waals surface area contributed by atoms with E-state index in [9.17, 15) is 5.11 Å². The first-order valence-corrected chi connectivity index (χ1v) is 6.04. The highest BCUT2D eigenvalue weighted by Gasteiger charge is 2.28. The fourth-order valence-corrected chi connectivity index (χ4v) is 2.78. The van der Waals surface area contributed by atoms with Crippen molar-refractivity contribution in [3.8, 4) is 0 Å². The van der Waals surface area contributed by atoms with Crippen LogP contribution in [0.25, 0.3) is 0 Å². The lowest BCUT2D eigenvalue weighted by molar-refractivity contribution is 0.0373. The van der Waals surface area contributed by atoms with Crippen LogP contribution in [0.5, 0.6) is 0 Å². The van der Waals surface area contributed by atoms with Gasteiger partial charge in [-0.15, -0.1) is 0 Å². The van der Waals surface area contributed by atoms with Crippen molar-refractivity contribution in [2.24, 2.45) is 11.8 Å². The Morgan fingerprint density at radius 1 is 0.923 bits per heavy atom. The molecular weight excluding hydrogens is 160 g/mol. The number of aliphatic hydroxyl groups excluding tert-OH is 1. The lowest BCUT2D eigenvalue weighted by atomic mass is 9.76. The second-order valence-electron chi connectivity index (χ2n) is 5.00. The van der Waals surface area contributed by atoms with Gasteiger partial charge in [0.05, 0.1) is 6.10 Å². The maximum atomic E-state index is 9.92. The summed E-state index contributed by atoms with van der Waals surface area (Å²) < 4.78 is 0. The van der Waals surface area contributed by atoms with E-state index >= 15 is 0 Å². The topological polar surface area (TPSA) is 20.2 Å². The first kappa shape index (κ1) is 9.51. The maximum absolute atomic E-state index is 9.92. The molecule has 13 heavy (non-hydrogen) atoms. The summed E-state index contributed by atoms with van der Waals surface area (Å²) in [6.45, 7) is 0. The standard InChI is InChI=1S/C12H22O/c13-12(11-7-4-8-11)9-10-5-2-1-3-6-10/h10-13H,1-9H2. The van der Waals surface area contributed by atoms with Gasteiger partial charge in [0.1, 0.15) is 0 Å². The van der Waals surface area contributed by atoms with Crippen molar-refractivity contribution in [1.29, 1.82) is 0 Å². The van der Waals surface area contributed by atoms with Crippen molar-refractivity contribution in [2.45, 2.75) is 63.9 Å². The summed E-state index contributed by atoms with van der Waals surface area (Å²) in [7, 11) is 0.